The van der Waals surface area contributed by atoms with Crippen LogP contribution in [0.4, 0.5) is 11.4 Å². The van der Waals surface area contributed by atoms with E-state index in [0.29, 0.717) is 5.92 Å². The zero-order chi connectivity index (χ0) is 14.4. The SMILES string of the molecule is CC(CCNc1cnccc1N(C)C)c1ccccc1. The lowest BCUT2D eigenvalue weighted by Gasteiger charge is -2.19. The fourth-order valence-electron chi connectivity index (χ4n) is 2.28. The molecule has 0 saturated carbocycles. The number of nitrogens with one attached hydrogen (secondary N) is 1. The van der Waals surface area contributed by atoms with Crippen molar-refractivity contribution >= 4 is 11.4 Å². The molecule has 2 aromatic rings. The smallest absolute Gasteiger partial charge is 0.0764 e. The average molecular weight is 269 g/mol. The molecule has 106 valence electrons. The van der Waals surface area contributed by atoms with Gasteiger partial charge in [0.2, 0.25) is 0 Å². The van der Waals surface area contributed by atoms with Gasteiger partial charge in [-0.05, 0) is 24.0 Å². The van der Waals surface area contributed by atoms with Crippen molar-refractivity contribution in [3.63, 3.8) is 0 Å². The second-order valence-electron chi connectivity index (χ2n) is 5.31. The van der Waals surface area contributed by atoms with E-state index in [4.69, 9.17) is 0 Å². The minimum Gasteiger partial charge on any atom is -0.382 e. The summed E-state index contributed by atoms with van der Waals surface area (Å²) in [5.74, 6) is 0.558. The minimum absolute atomic E-state index is 0.558. The number of hydrogen-bond donors (Lipinski definition) is 1. The van der Waals surface area contributed by atoms with Gasteiger partial charge >= 0.3 is 0 Å². The number of pyridine rings is 1. The molecule has 1 N–H and O–H groups in total. The molecule has 0 bridgehead atoms. The van der Waals surface area contributed by atoms with Crippen molar-refractivity contribution in [1.29, 1.82) is 0 Å². The number of nitrogens with zero attached hydrogens (tertiary/aromatic N) is 2. The van der Waals surface area contributed by atoms with E-state index in [1.54, 1.807) is 0 Å². The first-order chi connectivity index (χ1) is 9.68. The van der Waals surface area contributed by atoms with Gasteiger partial charge in [-0.2, -0.15) is 0 Å². The lowest BCUT2D eigenvalue weighted by molar-refractivity contribution is 0.706. The van der Waals surface area contributed by atoms with Crippen LogP contribution < -0.4 is 10.2 Å². The molecule has 0 aliphatic heterocycles. The van der Waals surface area contributed by atoms with Crippen LogP contribution in [0.1, 0.15) is 24.8 Å². The topological polar surface area (TPSA) is 28.2 Å². The monoisotopic (exact) mass is 269 g/mol. The third kappa shape index (κ3) is 3.73. The maximum absolute atomic E-state index is 4.19. The Hall–Kier alpha value is -2.03. The fraction of sp³-hybridized carbons (Fsp3) is 0.353. The van der Waals surface area contributed by atoms with Crippen molar-refractivity contribution in [3.05, 3.63) is 54.4 Å². The Labute approximate surface area is 121 Å². The van der Waals surface area contributed by atoms with Gasteiger partial charge in [0.05, 0.1) is 17.6 Å². The average Bonchev–Trinajstić information content (AvgIpc) is 2.48. The van der Waals surface area contributed by atoms with E-state index in [0.717, 1.165) is 18.7 Å². The molecule has 0 spiro atoms. The van der Waals surface area contributed by atoms with Crippen LogP contribution in [0.2, 0.25) is 0 Å². The summed E-state index contributed by atoms with van der Waals surface area (Å²) in [4.78, 5) is 6.30. The minimum atomic E-state index is 0.558. The zero-order valence-corrected chi connectivity index (χ0v) is 12.5. The van der Waals surface area contributed by atoms with Gasteiger partial charge in [-0.15, -0.1) is 0 Å². The van der Waals surface area contributed by atoms with E-state index in [1.807, 2.05) is 32.6 Å². The summed E-state index contributed by atoms with van der Waals surface area (Å²) in [5.41, 5.74) is 3.67. The van der Waals surface area contributed by atoms with Gasteiger partial charge in [0.15, 0.2) is 0 Å². The Morgan fingerprint density at radius 1 is 1.15 bits per heavy atom. The van der Waals surface area contributed by atoms with Crippen molar-refractivity contribution in [2.75, 3.05) is 30.9 Å². The van der Waals surface area contributed by atoms with Crippen molar-refractivity contribution in [1.82, 2.24) is 4.98 Å². The van der Waals surface area contributed by atoms with Gasteiger partial charge in [-0.1, -0.05) is 37.3 Å². The Morgan fingerprint density at radius 3 is 2.60 bits per heavy atom. The van der Waals surface area contributed by atoms with Crippen LogP contribution in [0.25, 0.3) is 0 Å². The van der Waals surface area contributed by atoms with Crippen LogP contribution >= 0.6 is 0 Å². The first-order valence-electron chi connectivity index (χ1n) is 7.08. The van der Waals surface area contributed by atoms with E-state index in [-0.39, 0.29) is 0 Å². The summed E-state index contributed by atoms with van der Waals surface area (Å²) < 4.78 is 0. The molecule has 1 heterocycles. The fourth-order valence-corrected chi connectivity index (χ4v) is 2.28. The molecule has 0 aliphatic carbocycles. The Kier molecular flexibility index (Phi) is 4.99. The standard InChI is InChI=1S/C17H23N3/c1-14(15-7-5-4-6-8-15)9-12-19-16-13-18-11-10-17(16)20(2)3/h4-8,10-11,13-14,19H,9,12H2,1-3H3. The summed E-state index contributed by atoms with van der Waals surface area (Å²) in [6.45, 7) is 3.22. The van der Waals surface area contributed by atoms with Crippen molar-refractivity contribution in [2.24, 2.45) is 0 Å². The summed E-state index contributed by atoms with van der Waals surface area (Å²) >= 11 is 0. The first-order valence-corrected chi connectivity index (χ1v) is 7.08. The number of benzene rings is 1. The van der Waals surface area contributed by atoms with Gasteiger partial charge in [-0.3, -0.25) is 4.98 Å². The molecule has 3 nitrogen and oxygen atoms in total. The molecule has 1 atom stereocenters. The predicted molar refractivity (Wildman–Crippen MR) is 86.5 cm³/mol. The van der Waals surface area contributed by atoms with E-state index < -0.39 is 0 Å². The molecule has 0 amide bonds. The van der Waals surface area contributed by atoms with E-state index in [2.05, 4.69) is 52.5 Å². The number of anilines is 2. The molecule has 0 saturated heterocycles. The van der Waals surface area contributed by atoms with Crippen LogP contribution in [0.5, 0.6) is 0 Å². The van der Waals surface area contributed by atoms with Crippen LogP contribution in [0, 0.1) is 0 Å². The van der Waals surface area contributed by atoms with E-state index in [1.165, 1.54) is 11.3 Å². The number of rotatable bonds is 6. The summed E-state index contributed by atoms with van der Waals surface area (Å²) in [6.07, 6.45) is 4.82. The molecule has 0 radical (unpaired) electrons. The largest absolute Gasteiger partial charge is 0.382 e. The Bertz CT molecular complexity index is 523. The maximum atomic E-state index is 4.19. The van der Waals surface area contributed by atoms with Gasteiger partial charge < -0.3 is 10.2 Å². The van der Waals surface area contributed by atoms with Crippen LogP contribution in [0.15, 0.2) is 48.8 Å². The maximum Gasteiger partial charge on any atom is 0.0764 e. The van der Waals surface area contributed by atoms with Gasteiger partial charge in [-0.25, -0.2) is 0 Å². The molecule has 2 rings (SSSR count). The van der Waals surface area contributed by atoms with Crippen LogP contribution in [-0.4, -0.2) is 25.6 Å². The first kappa shape index (κ1) is 14.4. The van der Waals surface area contributed by atoms with E-state index in [9.17, 15) is 0 Å². The highest BCUT2D eigenvalue weighted by Gasteiger charge is 2.06. The van der Waals surface area contributed by atoms with Crippen molar-refractivity contribution in [3.8, 4) is 0 Å². The normalized spacial score (nSPS) is 11.9. The molecule has 0 aliphatic rings. The molecule has 1 aromatic heterocycles. The van der Waals surface area contributed by atoms with Gasteiger partial charge in [0.25, 0.3) is 0 Å². The number of aromatic nitrogens is 1. The summed E-state index contributed by atoms with van der Waals surface area (Å²) in [5, 5.41) is 3.49. The lowest BCUT2D eigenvalue weighted by Crippen LogP contribution is -2.13. The highest BCUT2D eigenvalue weighted by atomic mass is 15.1. The quantitative estimate of drug-likeness (QED) is 0.865. The molecule has 0 fully saturated rings. The third-order valence-electron chi connectivity index (χ3n) is 3.54. The Balaban J connectivity index is 1.90. The molecule has 20 heavy (non-hydrogen) atoms. The zero-order valence-electron chi connectivity index (χ0n) is 12.5. The number of hydrogen-bond acceptors (Lipinski definition) is 3. The van der Waals surface area contributed by atoms with Gasteiger partial charge in [0.1, 0.15) is 0 Å². The molecule has 1 unspecified atom stereocenters. The van der Waals surface area contributed by atoms with Crippen LogP contribution in [0.3, 0.4) is 0 Å². The second kappa shape index (κ2) is 6.94. The summed E-state index contributed by atoms with van der Waals surface area (Å²) in [7, 11) is 4.10. The highest BCUT2D eigenvalue weighted by Crippen LogP contribution is 2.23. The Morgan fingerprint density at radius 2 is 1.90 bits per heavy atom. The highest BCUT2D eigenvalue weighted by molar-refractivity contribution is 5.67. The molecular formula is C17H23N3. The molecule has 3 heteroatoms. The predicted octanol–water partition coefficient (Wildman–Crippen LogP) is 3.75. The lowest BCUT2D eigenvalue weighted by atomic mass is 9.98. The third-order valence-corrected chi connectivity index (χ3v) is 3.54. The molecule has 1 aromatic carbocycles. The van der Waals surface area contributed by atoms with Crippen molar-refractivity contribution in [2.45, 2.75) is 19.3 Å². The van der Waals surface area contributed by atoms with E-state index >= 15 is 0 Å². The second-order valence-corrected chi connectivity index (χ2v) is 5.31. The van der Waals surface area contributed by atoms with Gasteiger partial charge in [0, 0.05) is 26.8 Å². The van der Waals surface area contributed by atoms with Crippen LogP contribution in [-0.2, 0) is 0 Å². The molecular weight excluding hydrogens is 246 g/mol. The summed E-state index contributed by atoms with van der Waals surface area (Å²) in [6, 6.07) is 12.7. The van der Waals surface area contributed by atoms with Crippen molar-refractivity contribution < 1.29 is 0 Å².